The number of hydrogen-bond donors (Lipinski definition) is 2. The lowest BCUT2D eigenvalue weighted by atomic mass is 10.1. The monoisotopic (exact) mass is 329 g/mol. The molecule has 4 nitrogen and oxygen atoms in total. The molecular weight excluding hydrogens is 321 g/mol. The van der Waals surface area contributed by atoms with Gasteiger partial charge in [-0.2, -0.15) is 0 Å². The summed E-state index contributed by atoms with van der Waals surface area (Å²) < 4.78 is 4.85. The van der Waals surface area contributed by atoms with Crippen molar-refractivity contribution in [3.05, 3.63) is 27.2 Å². The van der Waals surface area contributed by atoms with Crippen LogP contribution in [0.4, 0.5) is 0 Å². The first-order valence-electron chi connectivity index (χ1n) is 3.98. The Morgan fingerprint density at radius 3 is 2.69 bits per heavy atom. The molecule has 1 rings (SSSR count). The standard InChI is InChI=1S/C9H9BrClNO3.ClH/c1-15-9(14)7(12)5-2-4(11)3-6(10)8(5)13;/h2-3,7,13H,12H2,1H3;1H/t7-;/m0./s1. The van der Waals surface area contributed by atoms with Crippen molar-refractivity contribution in [1.29, 1.82) is 0 Å². The third-order valence-corrected chi connectivity index (χ3v) is 2.67. The van der Waals surface area contributed by atoms with Gasteiger partial charge >= 0.3 is 5.97 Å². The summed E-state index contributed by atoms with van der Waals surface area (Å²) in [6, 6.07) is 1.87. The highest BCUT2D eigenvalue weighted by Crippen LogP contribution is 2.34. The second kappa shape index (κ2) is 6.30. The highest BCUT2D eigenvalue weighted by Gasteiger charge is 2.21. The molecule has 0 radical (unpaired) electrons. The Balaban J connectivity index is 0.00000225. The second-order valence-corrected chi connectivity index (χ2v) is 4.12. The Morgan fingerprint density at radius 1 is 1.62 bits per heavy atom. The summed E-state index contributed by atoms with van der Waals surface area (Å²) in [4.78, 5) is 11.2. The van der Waals surface area contributed by atoms with Crippen molar-refractivity contribution < 1.29 is 14.6 Å². The van der Waals surface area contributed by atoms with Gasteiger partial charge in [0.25, 0.3) is 0 Å². The zero-order valence-electron chi connectivity index (χ0n) is 8.24. The smallest absolute Gasteiger partial charge is 0.327 e. The van der Waals surface area contributed by atoms with Gasteiger partial charge in [0.15, 0.2) is 0 Å². The minimum absolute atomic E-state index is 0. The summed E-state index contributed by atoms with van der Waals surface area (Å²) >= 11 is 8.86. The Morgan fingerprint density at radius 2 is 2.19 bits per heavy atom. The van der Waals surface area contributed by atoms with Gasteiger partial charge in [-0.3, -0.25) is 4.79 Å². The van der Waals surface area contributed by atoms with Crippen LogP contribution in [0.2, 0.25) is 5.02 Å². The molecule has 16 heavy (non-hydrogen) atoms. The fraction of sp³-hybridized carbons (Fsp3) is 0.222. The van der Waals surface area contributed by atoms with E-state index in [1.54, 1.807) is 0 Å². The van der Waals surface area contributed by atoms with Gasteiger partial charge in [-0.25, -0.2) is 0 Å². The second-order valence-electron chi connectivity index (χ2n) is 2.83. The molecule has 1 aromatic rings. The molecule has 0 saturated heterocycles. The molecule has 0 aliphatic carbocycles. The Hall–Kier alpha value is -0.490. The molecule has 0 aliphatic heterocycles. The predicted octanol–water partition coefficient (Wildman–Crippen LogP) is 2.40. The number of esters is 1. The molecule has 0 bridgehead atoms. The SMILES string of the molecule is COC(=O)[C@@H](N)c1cc(Cl)cc(Br)c1O.Cl. The number of benzene rings is 1. The summed E-state index contributed by atoms with van der Waals surface area (Å²) in [6.07, 6.45) is 0. The normalized spacial score (nSPS) is 11.5. The van der Waals surface area contributed by atoms with E-state index in [1.165, 1.54) is 19.2 Å². The van der Waals surface area contributed by atoms with Crippen LogP contribution >= 0.6 is 39.9 Å². The van der Waals surface area contributed by atoms with E-state index in [1.807, 2.05) is 0 Å². The number of phenolic OH excluding ortho intramolecular Hbond substituents is 1. The van der Waals surface area contributed by atoms with Crippen LogP contribution in [0.3, 0.4) is 0 Å². The number of nitrogens with two attached hydrogens (primary N) is 1. The molecule has 0 heterocycles. The molecule has 0 fully saturated rings. The van der Waals surface area contributed by atoms with E-state index < -0.39 is 12.0 Å². The molecule has 0 amide bonds. The van der Waals surface area contributed by atoms with Gasteiger partial charge in [0.05, 0.1) is 11.6 Å². The number of phenols is 1. The maximum atomic E-state index is 11.2. The third-order valence-electron chi connectivity index (χ3n) is 1.85. The average Bonchev–Trinajstić information content (AvgIpc) is 2.21. The largest absolute Gasteiger partial charge is 0.506 e. The van der Waals surface area contributed by atoms with Crippen molar-refractivity contribution in [1.82, 2.24) is 0 Å². The predicted molar refractivity (Wildman–Crippen MR) is 67.0 cm³/mol. The van der Waals surface area contributed by atoms with Crippen LogP contribution in [0, 0.1) is 0 Å². The lowest BCUT2D eigenvalue weighted by Gasteiger charge is -2.12. The van der Waals surface area contributed by atoms with E-state index >= 15 is 0 Å². The first-order valence-corrected chi connectivity index (χ1v) is 5.15. The van der Waals surface area contributed by atoms with Crippen molar-refractivity contribution in [2.75, 3.05) is 7.11 Å². The van der Waals surface area contributed by atoms with Crippen molar-refractivity contribution in [3.63, 3.8) is 0 Å². The zero-order valence-corrected chi connectivity index (χ0v) is 11.4. The van der Waals surface area contributed by atoms with Crippen LogP contribution in [0.15, 0.2) is 16.6 Å². The van der Waals surface area contributed by atoms with Crippen LogP contribution in [0.1, 0.15) is 11.6 Å². The summed E-state index contributed by atoms with van der Waals surface area (Å²) in [5.41, 5.74) is 5.80. The van der Waals surface area contributed by atoms with Crippen molar-refractivity contribution >= 4 is 45.9 Å². The molecule has 0 spiro atoms. The van der Waals surface area contributed by atoms with Gasteiger partial charge in [0.2, 0.25) is 0 Å². The number of ether oxygens (including phenoxy) is 1. The topological polar surface area (TPSA) is 72.5 Å². The van der Waals surface area contributed by atoms with E-state index in [4.69, 9.17) is 17.3 Å². The van der Waals surface area contributed by atoms with E-state index in [0.717, 1.165) is 0 Å². The quantitative estimate of drug-likeness (QED) is 0.817. The lowest BCUT2D eigenvalue weighted by Crippen LogP contribution is -2.22. The van der Waals surface area contributed by atoms with E-state index in [9.17, 15) is 9.90 Å². The summed E-state index contributed by atoms with van der Waals surface area (Å²) in [7, 11) is 1.22. The van der Waals surface area contributed by atoms with E-state index in [2.05, 4.69) is 20.7 Å². The molecule has 1 aromatic carbocycles. The fourth-order valence-corrected chi connectivity index (χ4v) is 1.91. The molecule has 1 atom stereocenters. The van der Waals surface area contributed by atoms with Gasteiger partial charge in [-0.15, -0.1) is 12.4 Å². The minimum atomic E-state index is -1.05. The summed E-state index contributed by atoms with van der Waals surface area (Å²) in [5, 5.41) is 10.0. The molecule has 0 saturated carbocycles. The molecule has 0 aromatic heterocycles. The maximum absolute atomic E-state index is 11.2. The van der Waals surface area contributed by atoms with Crippen molar-refractivity contribution in [2.24, 2.45) is 5.73 Å². The molecular formula is C9H10BrCl2NO3. The van der Waals surface area contributed by atoms with Gasteiger partial charge in [0, 0.05) is 10.6 Å². The highest BCUT2D eigenvalue weighted by atomic mass is 79.9. The molecule has 0 aliphatic rings. The zero-order chi connectivity index (χ0) is 11.6. The Labute approximate surface area is 112 Å². The van der Waals surface area contributed by atoms with Gasteiger partial charge in [0.1, 0.15) is 11.8 Å². The van der Waals surface area contributed by atoms with Gasteiger partial charge < -0.3 is 15.6 Å². The first kappa shape index (κ1) is 15.5. The van der Waals surface area contributed by atoms with E-state index in [-0.39, 0.29) is 23.7 Å². The molecule has 3 N–H and O–H groups in total. The third kappa shape index (κ3) is 3.25. The van der Waals surface area contributed by atoms with Crippen LogP contribution in [0.25, 0.3) is 0 Å². The van der Waals surface area contributed by atoms with Crippen LogP contribution in [-0.4, -0.2) is 18.2 Å². The first-order chi connectivity index (χ1) is 6.97. The molecule has 0 unspecified atom stereocenters. The maximum Gasteiger partial charge on any atom is 0.327 e. The number of rotatable bonds is 2. The number of aromatic hydroxyl groups is 1. The average molecular weight is 331 g/mol. The van der Waals surface area contributed by atoms with Crippen LogP contribution < -0.4 is 5.73 Å². The Bertz CT molecular complexity index is 401. The highest BCUT2D eigenvalue weighted by molar-refractivity contribution is 9.10. The molecule has 90 valence electrons. The van der Waals surface area contributed by atoms with Crippen molar-refractivity contribution in [2.45, 2.75) is 6.04 Å². The summed E-state index contributed by atoms with van der Waals surface area (Å²) in [6.45, 7) is 0. The number of hydrogen-bond acceptors (Lipinski definition) is 4. The van der Waals surface area contributed by atoms with Gasteiger partial charge in [-0.1, -0.05) is 11.6 Å². The van der Waals surface area contributed by atoms with Crippen LogP contribution in [-0.2, 0) is 9.53 Å². The van der Waals surface area contributed by atoms with E-state index in [0.29, 0.717) is 9.50 Å². The van der Waals surface area contributed by atoms with Gasteiger partial charge in [-0.05, 0) is 28.1 Å². The van der Waals surface area contributed by atoms with Crippen molar-refractivity contribution in [3.8, 4) is 5.75 Å². The summed E-state index contributed by atoms with van der Waals surface area (Å²) in [5.74, 6) is -0.753. The lowest BCUT2D eigenvalue weighted by molar-refractivity contribution is -0.142. The minimum Gasteiger partial charge on any atom is -0.506 e. The Kier molecular flexibility index (Phi) is 6.10. The number of carbonyl (C=O) groups excluding carboxylic acids is 1. The number of halogens is 3. The molecule has 7 heteroatoms. The fourth-order valence-electron chi connectivity index (χ4n) is 1.08. The number of methoxy groups -OCH3 is 1. The number of carbonyl (C=O) groups is 1. The van der Waals surface area contributed by atoms with Crippen LogP contribution in [0.5, 0.6) is 5.75 Å².